The molecule has 3 heteroatoms. The number of allylic oxidation sites excluding steroid dienone is 2. The number of esters is 1. The molecular formula is C24H30O2Si. The Balaban J connectivity index is 1.90. The van der Waals surface area contributed by atoms with Crippen LogP contribution in [0.25, 0.3) is 0 Å². The molecule has 1 aliphatic carbocycles. The second-order valence-electron chi connectivity index (χ2n) is 8.07. The monoisotopic (exact) mass is 378 g/mol. The third-order valence-electron chi connectivity index (χ3n) is 5.67. The fourth-order valence-electron chi connectivity index (χ4n) is 4.21. The lowest BCUT2D eigenvalue weighted by Crippen LogP contribution is -2.37. The molecule has 0 unspecified atom stereocenters. The minimum absolute atomic E-state index is 0.0517. The van der Waals surface area contributed by atoms with Gasteiger partial charge in [-0.1, -0.05) is 90.6 Å². The van der Waals surface area contributed by atoms with Crippen molar-refractivity contribution in [2.75, 3.05) is 6.61 Å². The van der Waals surface area contributed by atoms with Crippen molar-refractivity contribution >= 4 is 14.0 Å². The van der Waals surface area contributed by atoms with Gasteiger partial charge in [0, 0.05) is 5.92 Å². The maximum atomic E-state index is 12.6. The van der Waals surface area contributed by atoms with E-state index in [2.05, 4.69) is 73.8 Å². The van der Waals surface area contributed by atoms with Gasteiger partial charge < -0.3 is 4.74 Å². The van der Waals surface area contributed by atoms with Gasteiger partial charge in [0.15, 0.2) is 0 Å². The molecule has 142 valence electrons. The van der Waals surface area contributed by atoms with E-state index in [4.69, 9.17) is 4.74 Å². The molecule has 0 spiro atoms. The Morgan fingerprint density at radius 2 is 1.67 bits per heavy atom. The molecule has 0 amide bonds. The molecular weight excluding hydrogens is 348 g/mol. The molecule has 0 radical (unpaired) electrons. The summed E-state index contributed by atoms with van der Waals surface area (Å²) < 4.78 is 5.39. The first kappa shape index (κ1) is 19.6. The maximum Gasteiger partial charge on any atom is 0.309 e. The largest absolute Gasteiger partial charge is 0.466 e. The molecule has 1 aliphatic rings. The van der Waals surface area contributed by atoms with Crippen molar-refractivity contribution in [2.45, 2.75) is 44.8 Å². The van der Waals surface area contributed by atoms with Crippen LogP contribution in [0.5, 0.6) is 0 Å². The molecule has 2 nitrogen and oxygen atoms in total. The molecule has 0 bridgehead atoms. The lowest BCUT2D eigenvalue weighted by Gasteiger charge is -2.35. The van der Waals surface area contributed by atoms with Crippen LogP contribution in [-0.4, -0.2) is 20.7 Å². The van der Waals surface area contributed by atoms with Crippen LogP contribution in [0.3, 0.4) is 0 Å². The zero-order chi connectivity index (χ0) is 19.3. The maximum absolute atomic E-state index is 12.6. The van der Waals surface area contributed by atoms with Crippen LogP contribution in [-0.2, 0) is 15.6 Å². The van der Waals surface area contributed by atoms with Gasteiger partial charge in [-0.15, -0.1) is 0 Å². The summed E-state index contributed by atoms with van der Waals surface area (Å²) in [5, 5.41) is 1.58. The average Bonchev–Trinajstić information content (AvgIpc) is 2.69. The second-order valence-corrected chi connectivity index (χ2v) is 12.8. The highest BCUT2D eigenvalue weighted by Gasteiger charge is 2.37. The van der Waals surface area contributed by atoms with E-state index in [0.29, 0.717) is 6.61 Å². The Labute approximate surface area is 164 Å². The van der Waals surface area contributed by atoms with E-state index in [0.717, 1.165) is 18.9 Å². The van der Waals surface area contributed by atoms with E-state index in [1.165, 1.54) is 11.1 Å². The first-order valence-electron chi connectivity index (χ1n) is 9.98. The summed E-state index contributed by atoms with van der Waals surface area (Å²) in [6.07, 6.45) is 4.31. The highest BCUT2D eigenvalue weighted by molar-refractivity contribution is 6.83. The molecule has 0 N–H and O–H groups in total. The molecule has 0 saturated carbocycles. The Hall–Kier alpha value is -2.13. The standard InChI is InChI=1S/C24H30O2Si/c1-4-26-24(25)22-16-15-21(17-23(22)20-13-9-6-10-14-20)27(2,3)18-19-11-7-5-8-12-19/h5-14,17,22-23H,4,15-16,18H2,1-3H3/t22-,23-/m0/s1. The van der Waals surface area contributed by atoms with E-state index in [9.17, 15) is 4.79 Å². The third-order valence-corrected chi connectivity index (χ3v) is 9.12. The van der Waals surface area contributed by atoms with Gasteiger partial charge in [0.2, 0.25) is 0 Å². The molecule has 27 heavy (non-hydrogen) atoms. The molecule has 0 heterocycles. The van der Waals surface area contributed by atoms with Crippen molar-refractivity contribution in [3.63, 3.8) is 0 Å². The number of hydrogen-bond donors (Lipinski definition) is 0. The van der Waals surface area contributed by atoms with E-state index in [1.807, 2.05) is 13.0 Å². The van der Waals surface area contributed by atoms with Gasteiger partial charge in [0.05, 0.1) is 20.6 Å². The number of carbonyl (C=O) groups excluding carboxylic acids is 1. The summed E-state index contributed by atoms with van der Waals surface area (Å²) in [7, 11) is -1.59. The molecule has 3 rings (SSSR count). The molecule has 2 aromatic carbocycles. The van der Waals surface area contributed by atoms with Crippen LogP contribution in [0.2, 0.25) is 13.1 Å². The summed E-state index contributed by atoms with van der Waals surface area (Å²) in [6, 6.07) is 22.4. The van der Waals surface area contributed by atoms with Crippen LogP contribution in [0.4, 0.5) is 0 Å². The number of rotatable bonds is 6. The van der Waals surface area contributed by atoms with Gasteiger partial charge in [0.1, 0.15) is 0 Å². The highest BCUT2D eigenvalue weighted by atomic mass is 28.3. The van der Waals surface area contributed by atoms with Crippen LogP contribution >= 0.6 is 0 Å². The van der Waals surface area contributed by atoms with E-state index >= 15 is 0 Å². The van der Waals surface area contributed by atoms with Gasteiger partial charge in [-0.25, -0.2) is 0 Å². The summed E-state index contributed by atoms with van der Waals surface area (Å²) in [4.78, 5) is 12.6. The molecule has 0 aromatic heterocycles. The van der Waals surface area contributed by atoms with Crippen molar-refractivity contribution < 1.29 is 9.53 Å². The van der Waals surface area contributed by atoms with Crippen molar-refractivity contribution in [2.24, 2.45) is 5.92 Å². The Morgan fingerprint density at radius 1 is 1.04 bits per heavy atom. The first-order valence-corrected chi connectivity index (χ1v) is 13.2. The van der Waals surface area contributed by atoms with Gasteiger partial charge in [-0.3, -0.25) is 4.79 Å². The van der Waals surface area contributed by atoms with E-state index in [-0.39, 0.29) is 17.8 Å². The van der Waals surface area contributed by atoms with Gasteiger partial charge in [0.25, 0.3) is 0 Å². The summed E-state index contributed by atoms with van der Waals surface area (Å²) >= 11 is 0. The first-order chi connectivity index (χ1) is 13.0. The molecule has 0 aliphatic heterocycles. The van der Waals surface area contributed by atoms with Crippen molar-refractivity contribution in [1.82, 2.24) is 0 Å². The number of carbonyl (C=O) groups is 1. The van der Waals surface area contributed by atoms with Crippen LogP contribution in [0, 0.1) is 5.92 Å². The Morgan fingerprint density at radius 3 is 2.30 bits per heavy atom. The Bertz CT molecular complexity index is 781. The quantitative estimate of drug-likeness (QED) is 0.476. The molecule has 2 atom stereocenters. The number of ether oxygens (including phenoxy) is 1. The third kappa shape index (κ3) is 4.78. The van der Waals surface area contributed by atoms with E-state index in [1.54, 1.807) is 5.20 Å². The van der Waals surface area contributed by atoms with Gasteiger partial charge >= 0.3 is 5.97 Å². The van der Waals surface area contributed by atoms with Crippen molar-refractivity contribution in [1.29, 1.82) is 0 Å². The topological polar surface area (TPSA) is 26.3 Å². The zero-order valence-corrected chi connectivity index (χ0v) is 17.7. The second kappa shape index (κ2) is 8.70. The SMILES string of the molecule is CCOC(=O)[C@H]1CCC([Si](C)(C)Cc2ccccc2)=C[C@H]1c1ccccc1. The van der Waals surface area contributed by atoms with E-state index < -0.39 is 8.07 Å². The fraction of sp³-hybridized carbons (Fsp3) is 0.375. The summed E-state index contributed by atoms with van der Waals surface area (Å²) in [5.74, 6) is -0.00152. The number of benzene rings is 2. The minimum Gasteiger partial charge on any atom is -0.466 e. The molecule has 2 aromatic rings. The predicted octanol–water partition coefficient (Wildman–Crippen LogP) is 5.70. The van der Waals surface area contributed by atoms with Crippen LogP contribution in [0.15, 0.2) is 71.9 Å². The average molecular weight is 379 g/mol. The lowest BCUT2D eigenvalue weighted by molar-refractivity contribution is -0.148. The van der Waals surface area contributed by atoms with Crippen LogP contribution < -0.4 is 0 Å². The molecule has 0 fully saturated rings. The van der Waals surface area contributed by atoms with Crippen LogP contribution in [0.1, 0.15) is 36.8 Å². The smallest absolute Gasteiger partial charge is 0.309 e. The highest BCUT2D eigenvalue weighted by Crippen LogP contribution is 2.40. The van der Waals surface area contributed by atoms with Gasteiger partial charge in [-0.05, 0) is 31.4 Å². The zero-order valence-electron chi connectivity index (χ0n) is 16.7. The lowest BCUT2D eigenvalue weighted by atomic mass is 9.79. The van der Waals surface area contributed by atoms with Crippen molar-refractivity contribution in [3.05, 3.63) is 83.1 Å². The molecule has 0 saturated heterocycles. The fourth-order valence-corrected chi connectivity index (χ4v) is 7.14. The number of hydrogen-bond acceptors (Lipinski definition) is 2. The van der Waals surface area contributed by atoms with Crippen molar-refractivity contribution in [3.8, 4) is 0 Å². The Kier molecular flexibility index (Phi) is 6.33. The van der Waals surface area contributed by atoms with Gasteiger partial charge in [-0.2, -0.15) is 0 Å². The predicted molar refractivity (Wildman–Crippen MR) is 114 cm³/mol. The minimum atomic E-state index is -1.59. The summed E-state index contributed by atoms with van der Waals surface area (Å²) in [5.41, 5.74) is 2.64. The normalized spacial score (nSPS) is 20.0. The summed E-state index contributed by atoms with van der Waals surface area (Å²) in [6.45, 7) is 7.24.